The molecule has 0 aromatic carbocycles. The molecule has 1 rings (SSSR count). The zero-order valence-corrected chi connectivity index (χ0v) is 12.4. The summed E-state index contributed by atoms with van der Waals surface area (Å²) in [5.74, 6) is 0.846. The molecule has 0 spiro atoms. The molecule has 0 radical (unpaired) electrons. The van der Waals surface area contributed by atoms with Gasteiger partial charge in [0.1, 0.15) is 0 Å². The second-order valence-corrected chi connectivity index (χ2v) is 6.82. The van der Waals surface area contributed by atoms with Crippen molar-refractivity contribution in [3.8, 4) is 0 Å². The minimum atomic E-state index is -0.0384. The standard InChI is InChI=1S/C14H28N2O/c1-9(2)8-12-15-10(3)13(17)16(12)11(4)14(5,6)7/h9-12,15H,8H2,1-7H3. The van der Waals surface area contributed by atoms with Gasteiger partial charge in [0, 0.05) is 6.04 Å². The van der Waals surface area contributed by atoms with Crippen molar-refractivity contribution in [2.45, 2.75) is 73.1 Å². The van der Waals surface area contributed by atoms with Crippen molar-refractivity contribution in [3.63, 3.8) is 0 Å². The Labute approximate surface area is 106 Å². The molecule has 3 heteroatoms. The van der Waals surface area contributed by atoms with Gasteiger partial charge in [-0.3, -0.25) is 10.1 Å². The fourth-order valence-corrected chi connectivity index (χ4v) is 2.32. The first kappa shape index (κ1) is 14.5. The highest BCUT2D eigenvalue weighted by Gasteiger charge is 2.42. The maximum atomic E-state index is 12.2. The molecule has 1 N–H and O–H groups in total. The van der Waals surface area contributed by atoms with Crippen LogP contribution >= 0.6 is 0 Å². The van der Waals surface area contributed by atoms with E-state index in [0.29, 0.717) is 5.92 Å². The third-order valence-corrected chi connectivity index (χ3v) is 3.77. The van der Waals surface area contributed by atoms with E-state index in [1.54, 1.807) is 0 Å². The second kappa shape index (κ2) is 4.97. The fourth-order valence-electron chi connectivity index (χ4n) is 2.32. The molecule has 17 heavy (non-hydrogen) atoms. The van der Waals surface area contributed by atoms with Crippen molar-refractivity contribution < 1.29 is 4.79 Å². The third kappa shape index (κ3) is 3.21. The average molecular weight is 240 g/mol. The van der Waals surface area contributed by atoms with E-state index >= 15 is 0 Å². The van der Waals surface area contributed by atoms with Crippen molar-refractivity contribution in [3.05, 3.63) is 0 Å². The number of nitrogens with zero attached hydrogens (tertiary/aromatic N) is 1. The Bertz CT molecular complexity index is 280. The summed E-state index contributed by atoms with van der Waals surface area (Å²) in [6.07, 6.45) is 1.22. The largest absolute Gasteiger partial charge is 0.323 e. The predicted molar refractivity (Wildman–Crippen MR) is 71.6 cm³/mol. The highest BCUT2D eigenvalue weighted by molar-refractivity contribution is 5.84. The molecule has 0 bridgehead atoms. The maximum absolute atomic E-state index is 12.2. The van der Waals surface area contributed by atoms with Crippen LogP contribution < -0.4 is 5.32 Å². The monoisotopic (exact) mass is 240 g/mol. The molecule has 1 heterocycles. The van der Waals surface area contributed by atoms with Crippen LogP contribution in [0.3, 0.4) is 0 Å². The Morgan fingerprint density at radius 3 is 2.24 bits per heavy atom. The normalized spacial score (nSPS) is 28.0. The number of nitrogens with one attached hydrogen (secondary N) is 1. The number of carbonyl (C=O) groups excluding carboxylic acids is 1. The third-order valence-electron chi connectivity index (χ3n) is 3.77. The quantitative estimate of drug-likeness (QED) is 0.822. The van der Waals surface area contributed by atoms with Gasteiger partial charge >= 0.3 is 0 Å². The van der Waals surface area contributed by atoms with Gasteiger partial charge in [0.15, 0.2) is 0 Å². The van der Waals surface area contributed by atoms with Crippen LogP contribution in [-0.2, 0) is 4.79 Å². The summed E-state index contributed by atoms with van der Waals surface area (Å²) in [5.41, 5.74) is 0.122. The lowest BCUT2D eigenvalue weighted by atomic mass is 9.86. The Balaban J connectivity index is 2.87. The SMILES string of the molecule is CC(C)CC1NC(C)C(=O)N1C(C)C(C)(C)C. The van der Waals surface area contributed by atoms with Gasteiger partial charge in [-0.1, -0.05) is 34.6 Å². The van der Waals surface area contributed by atoms with Gasteiger partial charge < -0.3 is 4.90 Å². The smallest absolute Gasteiger partial charge is 0.240 e. The van der Waals surface area contributed by atoms with E-state index in [9.17, 15) is 4.79 Å². The van der Waals surface area contributed by atoms with Gasteiger partial charge in [-0.25, -0.2) is 0 Å². The molecule has 0 aliphatic carbocycles. The predicted octanol–water partition coefficient (Wildman–Crippen LogP) is 2.61. The molecule has 1 aliphatic heterocycles. The van der Waals surface area contributed by atoms with Gasteiger partial charge in [0.25, 0.3) is 0 Å². The Kier molecular flexibility index (Phi) is 4.23. The van der Waals surface area contributed by atoms with Crippen LogP contribution in [0, 0.1) is 11.3 Å². The molecular formula is C14H28N2O. The summed E-state index contributed by atoms with van der Waals surface area (Å²) in [6, 6.07) is 0.222. The van der Waals surface area contributed by atoms with Crippen LogP contribution in [0.25, 0.3) is 0 Å². The topological polar surface area (TPSA) is 32.3 Å². The molecule has 1 aliphatic rings. The average Bonchev–Trinajstić information content (AvgIpc) is 2.39. The molecule has 0 aromatic heterocycles. The number of rotatable bonds is 3. The van der Waals surface area contributed by atoms with Crippen molar-refractivity contribution in [2.75, 3.05) is 0 Å². The summed E-state index contributed by atoms with van der Waals surface area (Å²) in [7, 11) is 0. The molecule has 3 unspecified atom stereocenters. The lowest BCUT2D eigenvalue weighted by Crippen LogP contribution is -2.49. The summed E-state index contributed by atoms with van der Waals surface area (Å²) in [6.45, 7) is 15.1. The summed E-state index contributed by atoms with van der Waals surface area (Å²) >= 11 is 0. The van der Waals surface area contributed by atoms with Crippen LogP contribution in [0.2, 0.25) is 0 Å². The summed E-state index contributed by atoms with van der Waals surface area (Å²) < 4.78 is 0. The molecule has 3 nitrogen and oxygen atoms in total. The van der Waals surface area contributed by atoms with Gasteiger partial charge in [0.2, 0.25) is 5.91 Å². The van der Waals surface area contributed by atoms with Crippen LogP contribution in [0.1, 0.15) is 54.9 Å². The first-order chi connectivity index (χ1) is 7.64. The van der Waals surface area contributed by atoms with E-state index < -0.39 is 0 Å². The molecule has 1 saturated heterocycles. The van der Waals surface area contributed by atoms with Crippen molar-refractivity contribution in [1.82, 2.24) is 10.2 Å². The van der Waals surface area contributed by atoms with Crippen LogP contribution in [0.5, 0.6) is 0 Å². The minimum absolute atomic E-state index is 0.0384. The van der Waals surface area contributed by atoms with Crippen molar-refractivity contribution in [2.24, 2.45) is 11.3 Å². The van der Waals surface area contributed by atoms with Crippen molar-refractivity contribution in [1.29, 1.82) is 0 Å². The van der Waals surface area contributed by atoms with Gasteiger partial charge in [-0.05, 0) is 31.6 Å². The number of carbonyl (C=O) groups is 1. The van der Waals surface area contributed by atoms with Crippen LogP contribution in [0.15, 0.2) is 0 Å². The van der Waals surface area contributed by atoms with E-state index in [2.05, 4.69) is 51.8 Å². The zero-order chi connectivity index (χ0) is 13.4. The molecule has 0 aromatic rings. The summed E-state index contributed by atoms with van der Waals surface area (Å²) in [5, 5.41) is 3.41. The van der Waals surface area contributed by atoms with E-state index in [1.807, 2.05) is 6.92 Å². The number of hydrogen-bond donors (Lipinski definition) is 1. The van der Waals surface area contributed by atoms with E-state index in [-0.39, 0.29) is 29.6 Å². The van der Waals surface area contributed by atoms with Gasteiger partial charge in [-0.15, -0.1) is 0 Å². The van der Waals surface area contributed by atoms with E-state index in [1.165, 1.54) is 0 Å². The Morgan fingerprint density at radius 1 is 1.29 bits per heavy atom. The molecule has 0 saturated carbocycles. The molecular weight excluding hydrogens is 212 g/mol. The molecule has 1 amide bonds. The van der Waals surface area contributed by atoms with E-state index in [4.69, 9.17) is 0 Å². The number of hydrogen-bond acceptors (Lipinski definition) is 2. The van der Waals surface area contributed by atoms with Crippen LogP contribution in [-0.4, -0.2) is 29.1 Å². The first-order valence-electron chi connectivity index (χ1n) is 6.72. The first-order valence-corrected chi connectivity index (χ1v) is 6.72. The lowest BCUT2D eigenvalue weighted by Gasteiger charge is -2.39. The highest BCUT2D eigenvalue weighted by Crippen LogP contribution is 2.29. The zero-order valence-electron chi connectivity index (χ0n) is 12.4. The minimum Gasteiger partial charge on any atom is -0.323 e. The number of amides is 1. The molecule has 1 fully saturated rings. The molecule has 100 valence electrons. The van der Waals surface area contributed by atoms with Crippen molar-refractivity contribution >= 4 is 5.91 Å². The maximum Gasteiger partial charge on any atom is 0.240 e. The highest BCUT2D eigenvalue weighted by atomic mass is 16.2. The molecule has 3 atom stereocenters. The van der Waals surface area contributed by atoms with Gasteiger partial charge in [-0.2, -0.15) is 0 Å². The Hall–Kier alpha value is -0.570. The second-order valence-electron chi connectivity index (χ2n) is 6.82. The lowest BCUT2D eigenvalue weighted by molar-refractivity contribution is -0.134. The summed E-state index contributed by atoms with van der Waals surface area (Å²) in [4.78, 5) is 14.3. The van der Waals surface area contributed by atoms with E-state index in [0.717, 1.165) is 6.42 Å². The Morgan fingerprint density at radius 2 is 1.82 bits per heavy atom. The van der Waals surface area contributed by atoms with Crippen LogP contribution in [0.4, 0.5) is 0 Å². The fraction of sp³-hybridized carbons (Fsp3) is 0.929. The van der Waals surface area contributed by atoms with Gasteiger partial charge in [0.05, 0.1) is 12.2 Å².